The third kappa shape index (κ3) is 2.34. The molecule has 1 unspecified atom stereocenters. The lowest BCUT2D eigenvalue weighted by Gasteiger charge is -2.29. The van der Waals surface area contributed by atoms with Gasteiger partial charge in [0.2, 0.25) is 0 Å². The molecule has 5 nitrogen and oxygen atoms in total. The highest BCUT2D eigenvalue weighted by Gasteiger charge is 2.26. The van der Waals surface area contributed by atoms with Crippen LogP contribution in [-0.4, -0.2) is 11.6 Å². The molecule has 0 aliphatic carbocycles. The lowest BCUT2D eigenvalue weighted by atomic mass is 10.1. The molecule has 1 aliphatic heterocycles. The minimum absolute atomic E-state index is 0.299. The van der Waals surface area contributed by atoms with Gasteiger partial charge in [-0.25, -0.2) is 4.99 Å². The smallest absolute Gasteiger partial charge is 0.184 e. The molecule has 0 saturated heterocycles. The number of hydrogen-bond donors (Lipinski definition) is 4. The van der Waals surface area contributed by atoms with Crippen molar-refractivity contribution in [1.29, 1.82) is 0 Å². The second kappa shape index (κ2) is 4.15. The summed E-state index contributed by atoms with van der Waals surface area (Å²) in [6, 6.07) is 4.10. The van der Waals surface area contributed by atoms with E-state index >= 15 is 0 Å². The third-order valence-corrected chi connectivity index (χ3v) is 3.36. The fourth-order valence-corrected chi connectivity index (χ4v) is 2.19. The van der Waals surface area contributed by atoms with Crippen LogP contribution in [0.3, 0.4) is 0 Å². The van der Waals surface area contributed by atoms with Crippen molar-refractivity contribution in [2.24, 2.45) is 22.2 Å². The lowest BCUT2D eigenvalue weighted by molar-refractivity contribution is 0.363. The lowest BCUT2D eigenvalue weighted by Crippen LogP contribution is -2.54. The summed E-state index contributed by atoms with van der Waals surface area (Å²) in [5.74, 6) is -0.538. The molecule has 1 aliphatic rings. The standard InChI is InChI=1S/C10H15N5S/c11-8-6-14-10(13,15-9(8)12)4-3-7-2-1-5-16-7/h1-2,5-6,14H,3-4,11,13H2,(H2,12,15). The van der Waals surface area contributed by atoms with Crippen LogP contribution in [0.1, 0.15) is 11.3 Å². The van der Waals surface area contributed by atoms with E-state index in [-0.39, 0.29) is 0 Å². The van der Waals surface area contributed by atoms with Crippen molar-refractivity contribution >= 4 is 17.2 Å². The number of hydrogen-bond acceptors (Lipinski definition) is 6. The van der Waals surface area contributed by atoms with Crippen molar-refractivity contribution in [2.75, 3.05) is 0 Å². The topological polar surface area (TPSA) is 102 Å². The Morgan fingerprint density at radius 1 is 1.44 bits per heavy atom. The fourth-order valence-electron chi connectivity index (χ4n) is 1.49. The maximum absolute atomic E-state index is 6.05. The van der Waals surface area contributed by atoms with Crippen LogP contribution in [-0.2, 0) is 6.42 Å². The van der Waals surface area contributed by atoms with Gasteiger partial charge in [-0.15, -0.1) is 11.3 Å². The summed E-state index contributed by atoms with van der Waals surface area (Å²) >= 11 is 1.71. The van der Waals surface area contributed by atoms with E-state index in [9.17, 15) is 0 Å². The molecule has 86 valence electrons. The van der Waals surface area contributed by atoms with E-state index in [1.165, 1.54) is 4.88 Å². The number of nitrogens with two attached hydrogens (primary N) is 3. The molecule has 7 N–H and O–H groups in total. The van der Waals surface area contributed by atoms with Crippen LogP contribution in [0.25, 0.3) is 0 Å². The maximum Gasteiger partial charge on any atom is 0.184 e. The largest absolute Gasteiger partial charge is 0.395 e. The zero-order chi connectivity index (χ0) is 11.6. The van der Waals surface area contributed by atoms with Gasteiger partial charge in [0, 0.05) is 17.5 Å². The van der Waals surface area contributed by atoms with E-state index in [0.29, 0.717) is 18.0 Å². The number of amidine groups is 1. The Kier molecular flexibility index (Phi) is 2.84. The van der Waals surface area contributed by atoms with Crippen molar-refractivity contribution in [3.63, 3.8) is 0 Å². The first-order valence-corrected chi connectivity index (χ1v) is 5.87. The van der Waals surface area contributed by atoms with Gasteiger partial charge in [-0.2, -0.15) is 0 Å². The first-order chi connectivity index (χ1) is 7.59. The van der Waals surface area contributed by atoms with Gasteiger partial charge >= 0.3 is 0 Å². The Morgan fingerprint density at radius 2 is 2.25 bits per heavy atom. The summed E-state index contributed by atoms with van der Waals surface area (Å²) in [6.07, 6.45) is 3.15. The van der Waals surface area contributed by atoms with E-state index in [1.807, 2.05) is 11.4 Å². The summed E-state index contributed by atoms with van der Waals surface area (Å²) in [6.45, 7) is 0. The number of aryl methyl sites for hydroxylation is 1. The summed E-state index contributed by atoms with van der Waals surface area (Å²) < 4.78 is 0. The van der Waals surface area contributed by atoms with E-state index in [0.717, 1.165) is 6.42 Å². The van der Waals surface area contributed by atoms with Crippen LogP contribution in [0.4, 0.5) is 0 Å². The van der Waals surface area contributed by atoms with E-state index < -0.39 is 5.79 Å². The quantitative estimate of drug-likeness (QED) is 0.596. The second-order valence-corrected chi connectivity index (χ2v) is 4.78. The molecule has 0 spiro atoms. The van der Waals surface area contributed by atoms with E-state index in [4.69, 9.17) is 17.2 Å². The zero-order valence-electron chi connectivity index (χ0n) is 8.81. The number of aliphatic imine (C=N–C) groups is 1. The minimum atomic E-state index is -0.836. The molecule has 16 heavy (non-hydrogen) atoms. The molecule has 0 bridgehead atoms. The highest BCUT2D eigenvalue weighted by molar-refractivity contribution is 7.09. The second-order valence-electron chi connectivity index (χ2n) is 3.74. The van der Waals surface area contributed by atoms with Gasteiger partial charge in [0.15, 0.2) is 5.79 Å². The molecule has 1 atom stereocenters. The van der Waals surface area contributed by atoms with Gasteiger partial charge in [0.1, 0.15) is 5.84 Å². The highest BCUT2D eigenvalue weighted by atomic mass is 32.1. The normalized spacial score (nSPS) is 24.6. The van der Waals surface area contributed by atoms with Crippen LogP contribution < -0.4 is 22.5 Å². The van der Waals surface area contributed by atoms with Crippen LogP contribution in [0.5, 0.6) is 0 Å². The first-order valence-electron chi connectivity index (χ1n) is 4.99. The van der Waals surface area contributed by atoms with Crippen LogP contribution in [0.15, 0.2) is 34.4 Å². The molecule has 2 heterocycles. The number of nitrogens with zero attached hydrogens (tertiary/aromatic N) is 1. The average Bonchev–Trinajstić information content (AvgIpc) is 2.75. The molecule has 2 rings (SSSR count). The number of nitrogens with one attached hydrogen (secondary N) is 1. The summed E-state index contributed by atoms with van der Waals surface area (Å²) in [5, 5.41) is 5.01. The highest BCUT2D eigenvalue weighted by Crippen LogP contribution is 2.17. The van der Waals surface area contributed by atoms with E-state index in [1.54, 1.807) is 17.5 Å². The molecule has 0 aromatic carbocycles. The summed E-state index contributed by atoms with van der Waals surface area (Å²) in [5.41, 5.74) is 17.7. The van der Waals surface area contributed by atoms with Crippen molar-refractivity contribution in [3.8, 4) is 0 Å². The number of thiophene rings is 1. The summed E-state index contributed by atoms with van der Waals surface area (Å²) in [4.78, 5) is 5.45. The van der Waals surface area contributed by atoms with Crippen LogP contribution in [0.2, 0.25) is 0 Å². The van der Waals surface area contributed by atoms with Crippen LogP contribution >= 0.6 is 11.3 Å². The van der Waals surface area contributed by atoms with Crippen molar-refractivity contribution < 1.29 is 0 Å². The maximum atomic E-state index is 6.05. The SMILES string of the molecule is NC1=CNC(N)(CCc2cccs2)N=C1N. The van der Waals surface area contributed by atoms with Gasteiger partial charge in [0.25, 0.3) is 0 Å². The van der Waals surface area contributed by atoms with Gasteiger partial charge in [0.05, 0.1) is 5.70 Å². The molecular formula is C10H15N5S. The van der Waals surface area contributed by atoms with Crippen molar-refractivity contribution in [1.82, 2.24) is 5.32 Å². The average molecular weight is 237 g/mol. The molecule has 1 aromatic heterocycles. The Hall–Kier alpha value is -1.53. The minimum Gasteiger partial charge on any atom is -0.395 e. The predicted octanol–water partition coefficient (Wildman–Crippen LogP) is 0.0537. The molecule has 6 heteroatoms. The van der Waals surface area contributed by atoms with Gasteiger partial charge < -0.3 is 16.8 Å². The Balaban J connectivity index is 2.00. The molecule has 0 amide bonds. The van der Waals surface area contributed by atoms with E-state index in [2.05, 4.69) is 16.4 Å². The molecule has 0 saturated carbocycles. The molecule has 0 fully saturated rings. The number of rotatable bonds is 3. The first kappa shape index (κ1) is 11.0. The Bertz CT molecular complexity index is 422. The fraction of sp³-hybridized carbons (Fsp3) is 0.300. The monoisotopic (exact) mass is 237 g/mol. The molecule has 0 radical (unpaired) electrons. The molecular weight excluding hydrogens is 222 g/mol. The third-order valence-electron chi connectivity index (χ3n) is 2.43. The van der Waals surface area contributed by atoms with Gasteiger partial charge in [-0.05, 0) is 17.9 Å². The molecule has 1 aromatic rings. The van der Waals surface area contributed by atoms with Crippen molar-refractivity contribution in [3.05, 3.63) is 34.3 Å². The van der Waals surface area contributed by atoms with Gasteiger partial charge in [-0.1, -0.05) is 6.07 Å². The van der Waals surface area contributed by atoms with Crippen molar-refractivity contribution in [2.45, 2.75) is 18.6 Å². The van der Waals surface area contributed by atoms with Crippen LogP contribution in [0, 0.1) is 0 Å². The Morgan fingerprint density at radius 3 is 2.88 bits per heavy atom. The van der Waals surface area contributed by atoms with Gasteiger partial charge in [-0.3, -0.25) is 5.73 Å². The predicted molar refractivity (Wildman–Crippen MR) is 66.6 cm³/mol. The Labute approximate surface area is 98.0 Å². The zero-order valence-corrected chi connectivity index (χ0v) is 9.63. The summed E-state index contributed by atoms with van der Waals surface area (Å²) in [7, 11) is 0.